The van der Waals surface area contributed by atoms with E-state index in [4.69, 9.17) is 9.57 Å². The predicted octanol–water partition coefficient (Wildman–Crippen LogP) is 1.57. The fourth-order valence-corrected chi connectivity index (χ4v) is 1.96. The van der Waals surface area contributed by atoms with E-state index in [1.165, 1.54) is 7.11 Å². The van der Waals surface area contributed by atoms with Crippen LogP contribution in [-0.4, -0.2) is 49.2 Å². The van der Waals surface area contributed by atoms with Gasteiger partial charge in [0.1, 0.15) is 11.4 Å². The average molecular weight is 257 g/mol. The quantitative estimate of drug-likeness (QED) is 0.463. The highest BCUT2D eigenvalue weighted by atomic mass is 16.6. The molecule has 6 nitrogen and oxygen atoms in total. The van der Waals surface area contributed by atoms with Crippen molar-refractivity contribution in [2.24, 2.45) is 4.99 Å². The lowest BCUT2D eigenvalue weighted by Gasteiger charge is -2.29. The van der Waals surface area contributed by atoms with Crippen LogP contribution in [-0.2, 0) is 9.57 Å². The number of nitrogens with zero attached hydrogens (tertiary/aromatic N) is 2. The summed E-state index contributed by atoms with van der Waals surface area (Å²) in [5, 5.41) is 0. The molecule has 6 heteroatoms. The topological polar surface area (TPSA) is 63.2 Å². The number of hydroxylamine groups is 1. The number of hydrogen-bond donors (Lipinski definition) is 1. The van der Waals surface area contributed by atoms with E-state index in [0.717, 1.165) is 12.8 Å². The van der Waals surface area contributed by atoms with Crippen LogP contribution in [0.5, 0.6) is 0 Å². The second kappa shape index (κ2) is 6.04. The largest absolute Gasteiger partial charge is 0.444 e. The summed E-state index contributed by atoms with van der Waals surface area (Å²) in [5.41, 5.74) is 2.24. The minimum atomic E-state index is -0.484. The molecule has 1 amide bonds. The highest BCUT2D eigenvalue weighted by Gasteiger charge is 2.35. The van der Waals surface area contributed by atoms with E-state index in [0.29, 0.717) is 12.4 Å². The van der Waals surface area contributed by atoms with Crippen LogP contribution >= 0.6 is 0 Å². The van der Waals surface area contributed by atoms with Crippen LogP contribution in [0, 0.1) is 0 Å². The Balaban J connectivity index is 2.73. The molecule has 1 unspecified atom stereocenters. The van der Waals surface area contributed by atoms with E-state index in [-0.39, 0.29) is 12.1 Å². The third-order valence-corrected chi connectivity index (χ3v) is 2.64. The van der Waals surface area contributed by atoms with Crippen molar-refractivity contribution in [2.75, 3.05) is 20.7 Å². The first-order valence-corrected chi connectivity index (χ1v) is 6.14. The first-order chi connectivity index (χ1) is 8.39. The molecule has 1 aliphatic heterocycles. The van der Waals surface area contributed by atoms with Crippen LogP contribution in [0.4, 0.5) is 4.79 Å². The van der Waals surface area contributed by atoms with Gasteiger partial charge in [0.25, 0.3) is 0 Å². The summed E-state index contributed by atoms with van der Waals surface area (Å²) in [4.78, 5) is 22.8. The third kappa shape index (κ3) is 3.87. The van der Waals surface area contributed by atoms with Crippen molar-refractivity contribution in [1.82, 2.24) is 10.4 Å². The molecule has 1 aliphatic rings. The maximum Gasteiger partial charge on any atom is 0.410 e. The number of carbonyl (C=O) groups excluding carboxylic acids is 1. The number of likely N-dealkylation sites (tertiary alicyclic amines) is 1. The number of rotatable bonds is 2. The molecule has 0 spiro atoms. The molecule has 1 saturated heterocycles. The molecule has 1 heterocycles. The predicted molar refractivity (Wildman–Crippen MR) is 69.5 cm³/mol. The molecule has 1 rings (SSSR count). The standard InChI is InChI=1S/C12H23N3O3/c1-12(2,3)18-11(16)15-8-6-7-9(15)10(13-4)14-17-5/h9H,6-8H2,1-5H3,(H,13,14). The lowest BCUT2D eigenvalue weighted by Crippen LogP contribution is -2.47. The van der Waals surface area contributed by atoms with Gasteiger partial charge in [-0.15, -0.1) is 0 Å². The smallest absolute Gasteiger partial charge is 0.410 e. The molecule has 1 atom stereocenters. The first kappa shape index (κ1) is 14.8. The molecule has 0 aromatic rings. The third-order valence-electron chi connectivity index (χ3n) is 2.64. The second-order valence-electron chi connectivity index (χ2n) is 5.25. The summed E-state index contributed by atoms with van der Waals surface area (Å²) in [5.74, 6) is 0.654. The number of carbonyl (C=O) groups is 1. The highest BCUT2D eigenvalue weighted by Crippen LogP contribution is 2.21. The number of hydrogen-bond acceptors (Lipinski definition) is 4. The van der Waals surface area contributed by atoms with Crippen molar-refractivity contribution in [3.8, 4) is 0 Å². The Kier molecular flexibility index (Phi) is 4.95. The van der Waals surface area contributed by atoms with Crippen LogP contribution in [0.25, 0.3) is 0 Å². The molecule has 0 bridgehead atoms. The Hall–Kier alpha value is -1.30. The van der Waals surface area contributed by atoms with Crippen LogP contribution in [0.1, 0.15) is 33.6 Å². The second-order valence-corrected chi connectivity index (χ2v) is 5.25. The summed E-state index contributed by atoms with van der Waals surface area (Å²) in [6, 6.07) is -0.0928. The number of ether oxygens (including phenoxy) is 1. The summed E-state index contributed by atoms with van der Waals surface area (Å²) in [6.45, 7) is 6.26. The molecule has 1 fully saturated rings. The maximum absolute atomic E-state index is 12.1. The molecule has 0 aliphatic carbocycles. The first-order valence-electron chi connectivity index (χ1n) is 6.14. The highest BCUT2D eigenvalue weighted by molar-refractivity contribution is 5.90. The van der Waals surface area contributed by atoms with Gasteiger partial charge in [-0.05, 0) is 33.6 Å². The zero-order valence-corrected chi connectivity index (χ0v) is 11.8. The van der Waals surface area contributed by atoms with Gasteiger partial charge < -0.3 is 4.74 Å². The summed E-state index contributed by atoms with van der Waals surface area (Å²) in [7, 11) is 3.20. The van der Waals surface area contributed by atoms with Gasteiger partial charge in [0, 0.05) is 13.6 Å². The van der Waals surface area contributed by atoms with Crippen LogP contribution in [0.2, 0.25) is 0 Å². The molecular weight excluding hydrogens is 234 g/mol. The van der Waals surface area contributed by atoms with E-state index in [2.05, 4.69) is 10.5 Å². The van der Waals surface area contributed by atoms with E-state index < -0.39 is 5.60 Å². The summed E-state index contributed by atoms with van der Waals surface area (Å²) >= 11 is 0. The summed E-state index contributed by atoms with van der Waals surface area (Å²) in [6.07, 6.45) is 1.50. The number of nitrogens with one attached hydrogen (secondary N) is 1. The van der Waals surface area contributed by atoms with Gasteiger partial charge in [0.05, 0.1) is 13.2 Å². The van der Waals surface area contributed by atoms with Crippen LogP contribution in [0.15, 0.2) is 4.99 Å². The van der Waals surface area contributed by atoms with Crippen molar-refractivity contribution >= 4 is 11.9 Å². The van der Waals surface area contributed by atoms with Crippen LogP contribution < -0.4 is 5.48 Å². The molecule has 0 saturated carbocycles. The van der Waals surface area contributed by atoms with Gasteiger partial charge in [-0.1, -0.05) is 0 Å². The molecule has 0 aromatic heterocycles. The van der Waals surface area contributed by atoms with Crippen molar-refractivity contribution in [2.45, 2.75) is 45.3 Å². The fourth-order valence-electron chi connectivity index (χ4n) is 1.96. The lowest BCUT2D eigenvalue weighted by molar-refractivity contribution is 0.0255. The van der Waals surface area contributed by atoms with Gasteiger partial charge in [-0.25, -0.2) is 4.79 Å². The lowest BCUT2D eigenvalue weighted by atomic mass is 10.2. The maximum atomic E-state index is 12.1. The molecule has 18 heavy (non-hydrogen) atoms. The van der Waals surface area contributed by atoms with Crippen molar-refractivity contribution in [1.29, 1.82) is 0 Å². The minimum absolute atomic E-state index is 0.0928. The van der Waals surface area contributed by atoms with Gasteiger partial charge in [-0.2, -0.15) is 0 Å². The van der Waals surface area contributed by atoms with Crippen molar-refractivity contribution in [3.63, 3.8) is 0 Å². The van der Waals surface area contributed by atoms with E-state index in [1.54, 1.807) is 11.9 Å². The number of aliphatic imine (C=N–C) groups is 1. The van der Waals surface area contributed by atoms with Gasteiger partial charge in [0.2, 0.25) is 0 Å². The zero-order chi connectivity index (χ0) is 13.8. The normalized spacial score (nSPS) is 21.1. The SMILES string of the molecule is CN=C(NOC)C1CCCN1C(=O)OC(C)(C)C. The van der Waals surface area contributed by atoms with Crippen molar-refractivity contribution < 1.29 is 14.4 Å². The average Bonchev–Trinajstić information content (AvgIpc) is 2.72. The van der Waals surface area contributed by atoms with E-state index in [1.807, 2.05) is 20.8 Å². The van der Waals surface area contributed by atoms with Crippen LogP contribution in [0.3, 0.4) is 0 Å². The Morgan fingerprint density at radius 3 is 2.61 bits per heavy atom. The van der Waals surface area contributed by atoms with Crippen molar-refractivity contribution in [3.05, 3.63) is 0 Å². The molecule has 104 valence electrons. The van der Waals surface area contributed by atoms with Gasteiger partial charge in [-0.3, -0.25) is 20.2 Å². The monoisotopic (exact) mass is 257 g/mol. The number of amidine groups is 1. The molecular formula is C12H23N3O3. The zero-order valence-electron chi connectivity index (χ0n) is 11.8. The molecule has 1 N–H and O–H groups in total. The van der Waals surface area contributed by atoms with Gasteiger partial charge >= 0.3 is 6.09 Å². The Bertz CT molecular complexity index is 323. The Morgan fingerprint density at radius 2 is 2.11 bits per heavy atom. The van der Waals surface area contributed by atoms with E-state index >= 15 is 0 Å². The fraction of sp³-hybridized carbons (Fsp3) is 0.833. The summed E-state index contributed by atoms with van der Waals surface area (Å²) < 4.78 is 5.39. The molecule has 0 aromatic carbocycles. The Labute approximate surface area is 108 Å². The Morgan fingerprint density at radius 1 is 1.44 bits per heavy atom. The van der Waals surface area contributed by atoms with E-state index in [9.17, 15) is 4.79 Å². The number of amides is 1. The molecule has 0 radical (unpaired) electrons. The van der Waals surface area contributed by atoms with Gasteiger partial charge in [0.15, 0.2) is 0 Å². The minimum Gasteiger partial charge on any atom is -0.444 e.